The van der Waals surface area contributed by atoms with Crippen molar-refractivity contribution in [2.45, 2.75) is 69.5 Å². The van der Waals surface area contributed by atoms with Gasteiger partial charge in [-0.15, -0.1) is 0 Å². The minimum Gasteiger partial charge on any atom is -0.395 e. The quantitative estimate of drug-likeness (QED) is 0.127. The van der Waals surface area contributed by atoms with Gasteiger partial charge in [-0.25, -0.2) is 39.5 Å². The summed E-state index contributed by atoms with van der Waals surface area (Å²) >= 11 is 0. The van der Waals surface area contributed by atoms with E-state index in [-0.39, 0.29) is 0 Å². The Kier molecular flexibility index (Phi) is 19.0. The summed E-state index contributed by atoms with van der Waals surface area (Å²) in [7, 11) is 0. The summed E-state index contributed by atoms with van der Waals surface area (Å²) in [6.45, 7) is -18.0. The van der Waals surface area contributed by atoms with Gasteiger partial charge in [0.05, 0.1) is 31.8 Å². The van der Waals surface area contributed by atoms with Gasteiger partial charge < -0.3 is 20.4 Å². The van der Waals surface area contributed by atoms with Crippen molar-refractivity contribution in [2.75, 3.05) is 66.5 Å². The van der Waals surface area contributed by atoms with Crippen molar-refractivity contribution in [3.8, 4) is 0 Å². The van der Waals surface area contributed by atoms with Gasteiger partial charge in [0.1, 0.15) is 45.5 Å². The number of carbonyl (C=O) groups excluding carboxylic acids is 4. The highest BCUT2D eigenvalue weighted by atomic mass is 19.3. The Morgan fingerprint density at radius 1 is 0.344 bits per heavy atom. The number of rotatable bonds is 14. The average molecular weight is 1020 g/mol. The molecule has 36 heteroatoms. The van der Waals surface area contributed by atoms with Crippen LogP contribution in [-0.2, 0) is 19.2 Å². The highest BCUT2D eigenvalue weighted by Crippen LogP contribution is 2.70. The van der Waals surface area contributed by atoms with E-state index >= 15 is 0 Å². The van der Waals surface area contributed by atoms with Crippen molar-refractivity contribution < 1.29 is 163 Å². The number of hydrogen-bond donors (Lipinski definition) is 4. The molecule has 0 spiro atoms. The van der Waals surface area contributed by atoms with Crippen LogP contribution in [0.25, 0.3) is 0 Å². The molecule has 8 nitrogen and oxygen atoms in total. The lowest BCUT2D eigenvalue weighted by molar-refractivity contribution is -0.444. The van der Waals surface area contributed by atoms with Crippen LogP contribution in [0, 0.1) is 10.8 Å². The van der Waals surface area contributed by atoms with Gasteiger partial charge in [0, 0.05) is 0 Å². The van der Waals surface area contributed by atoms with Crippen LogP contribution in [0.4, 0.5) is 123 Å². The molecule has 0 unspecified atom stereocenters. The zero-order valence-electron chi connectivity index (χ0n) is 30.1. The molecule has 0 heterocycles. The Labute approximate surface area is 334 Å². The lowest BCUT2D eigenvalue weighted by Crippen LogP contribution is -2.89. The molecular formula is C28H24F28O8. The minimum absolute atomic E-state index is 0.781. The van der Waals surface area contributed by atoms with E-state index in [1.165, 1.54) is 0 Å². The fraction of sp³-hybridized carbons (Fsp3) is 0.857. The first-order valence-electron chi connectivity index (χ1n) is 15.4. The van der Waals surface area contributed by atoms with Crippen LogP contribution in [0.5, 0.6) is 0 Å². The number of hydrogen-bond acceptors (Lipinski definition) is 8. The normalized spacial score (nSPS) is 33.1. The first-order chi connectivity index (χ1) is 28.4. The standard InChI is InChI=1S/C9F12O3.C9H9F9O3.C5H6F4O.C5H9F3O/c10-1(22)4(13)7(16,17)5(14,2(11)23)9(20,21)6(15,3(12)24)8(4,18)19;10-4(1-19)7(13,14)5(11,2-20)9(17,18)6(12,3-21)8(4,15)16;6-1-5(2-7,3-8)4(9)10;6-1-5(2-7,3-8)4-9/h;19-21H,1-3H2;1-3H2;9H,1-4H2. The number of alkyl halides is 24. The number of aliphatic hydroxyl groups excluding tert-OH is 4. The van der Waals surface area contributed by atoms with Crippen LogP contribution in [0.2, 0.25) is 0 Å². The van der Waals surface area contributed by atoms with Crippen LogP contribution in [0.1, 0.15) is 0 Å². The van der Waals surface area contributed by atoms with Gasteiger partial charge in [-0.05, 0) is 0 Å². The molecule has 64 heavy (non-hydrogen) atoms. The van der Waals surface area contributed by atoms with E-state index in [0.29, 0.717) is 0 Å². The van der Waals surface area contributed by atoms with Gasteiger partial charge in [0.25, 0.3) is 17.0 Å². The van der Waals surface area contributed by atoms with Gasteiger partial charge in [-0.2, -0.15) is 70.2 Å². The molecule has 0 radical (unpaired) electrons. The molecule has 0 atom stereocenters. The van der Waals surface area contributed by atoms with E-state index in [2.05, 4.69) is 0 Å². The summed E-state index contributed by atoms with van der Waals surface area (Å²) < 4.78 is 362. The molecule has 0 bridgehead atoms. The average Bonchev–Trinajstić information content (AvgIpc) is 3.22. The molecule has 0 amide bonds. The van der Waals surface area contributed by atoms with Crippen molar-refractivity contribution in [1.29, 1.82) is 0 Å². The molecular weight excluding hydrogens is 996 g/mol. The molecule has 2 rings (SSSR count). The van der Waals surface area contributed by atoms with Crippen molar-refractivity contribution >= 4 is 24.1 Å². The third kappa shape index (κ3) is 7.72. The molecule has 380 valence electrons. The molecule has 2 fully saturated rings. The van der Waals surface area contributed by atoms with Crippen LogP contribution >= 0.6 is 0 Å². The lowest BCUT2D eigenvalue weighted by Gasteiger charge is -2.56. The van der Waals surface area contributed by atoms with Crippen LogP contribution in [-0.4, -0.2) is 181 Å². The zero-order valence-corrected chi connectivity index (χ0v) is 30.1. The Bertz CT molecular complexity index is 1440. The Hall–Kier alpha value is -3.44. The Morgan fingerprint density at radius 3 is 0.594 bits per heavy atom. The SMILES string of the molecule is O=C(F)C(CF)(CF)CF.O=C(F)C1(F)C(F)(F)C(F)(C(=O)F)C(F)(F)C(F)(C(=O)F)C1(F)F.OCC(CF)(CF)CF.OCC1(F)C(F)(F)C(F)(CO)C(F)(F)C(F)(CO)C1(F)F. The van der Waals surface area contributed by atoms with E-state index in [0.717, 1.165) is 0 Å². The molecule has 4 N–H and O–H groups in total. The molecule has 2 saturated carbocycles. The summed E-state index contributed by atoms with van der Waals surface area (Å²) in [6, 6.07) is -16.6. The third-order valence-electron chi connectivity index (χ3n) is 9.42. The van der Waals surface area contributed by atoms with E-state index in [1.807, 2.05) is 0 Å². The maximum Gasteiger partial charge on any atom is 0.351 e. The van der Waals surface area contributed by atoms with Crippen molar-refractivity contribution in [3.63, 3.8) is 0 Å². The monoisotopic (exact) mass is 1020 g/mol. The van der Waals surface area contributed by atoms with E-state index in [4.69, 9.17) is 20.4 Å². The smallest absolute Gasteiger partial charge is 0.351 e. The third-order valence-corrected chi connectivity index (χ3v) is 9.42. The van der Waals surface area contributed by atoms with Gasteiger partial charge in [-0.1, -0.05) is 0 Å². The zero-order chi connectivity index (χ0) is 52.4. The Morgan fingerprint density at radius 2 is 0.531 bits per heavy atom. The molecule has 0 aromatic carbocycles. The van der Waals surface area contributed by atoms with Gasteiger partial charge >= 0.3 is 76.7 Å². The summed E-state index contributed by atoms with van der Waals surface area (Å²) in [5, 5.41) is 33.4. The predicted molar refractivity (Wildman–Crippen MR) is 146 cm³/mol. The fourth-order valence-electron chi connectivity index (χ4n) is 4.67. The maximum atomic E-state index is 13.8. The number of halogens is 28. The summed E-state index contributed by atoms with van der Waals surface area (Å²) in [4.78, 5) is 40.2. The summed E-state index contributed by atoms with van der Waals surface area (Å²) in [6.07, 6.45) is 0. The van der Waals surface area contributed by atoms with E-state index < -0.39 is 171 Å². The summed E-state index contributed by atoms with van der Waals surface area (Å²) in [5.74, 6) is -41.9. The van der Waals surface area contributed by atoms with Crippen molar-refractivity contribution in [1.82, 2.24) is 0 Å². The number of carbonyl (C=O) groups is 4. The highest BCUT2D eigenvalue weighted by Gasteiger charge is 3.05. The second kappa shape index (κ2) is 19.4. The van der Waals surface area contributed by atoms with Crippen molar-refractivity contribution in [3.05, 3.63) is 0 Å². The van der Waals surface area contributed by atoms with Gasteiger partial charge in [0.2, 0.25) is 0 Å². The molecule has 0 saturated heterocycles. The number of aliphatic hydroxyl groups is 4. The van der Waals surface area contributed by atoms with Gasteiger partial charge in [-0.3, -0.25) is 32.3 Å². The van der Waals surface area contributed by atoms with Crippen LogP contribution < -0.4 is 0 Å². The van der Waals surface area contributed by atoms with Crippen LogP contribution in [0.15, 0.2) is 0 Å². The second-order valence-corrected chi connectivity index (χ2v) is 13.1. The fourth-order valence-corrected chi connectivity index (χ4v) is 4.67. The van der Waals surface area contributed by atoms with E-state index in [9.17, 15) is 142 Å². The molecule has 2 aliphatic rings. The maximum absolute atomic E-state index is 13.8. The summed E-state index contributed by atoms with van der Waals surface area (Å²) in [5.41, 5.74) is -44.0. The first-order valence-corrected chi connectivity index (χ1v) is 15.4. The topological polar surface area (TPSA) is 149 Å². The second-order valence-electron chi connectivity index (χ2n) is 13.1. The van der Waals surface area contributed by atoms with Crippen LogP contribution in [0.3, 0.4) is 0 Å². The first kappa shape index (κ1) is 62.6. The van der Waals surface area contributed by atoms with Gasteiger partial charge in [0.15, 0.2) is 0 Å². The Balaban J connectivity index is 0. The predicted octanol–water partition coefficient (Wildman–Crippen LogP) is 5.78. The molecule has 0 aromatic rings. The molecule has 2 aliphatic carbocycles. The highest BCUT2D eigenvalue weighted by molar-refractivity contribution is 5.95. The minimum atomic E-state index is -7.60. The van der Waals surface area contributed by atoms with Crippen molar-refractivity contribution in [2.24, 2.45) is 10.8 Å². The molecule has 0 aromatic heterocycles. The van der Waals surface area contributed by atoms with E-state index in [1.54, 1.807) is 0 Å². The largest absolute Gasteiger partial charge is 0.395 e. The molecule has 0 aliphatic heterocycles. The lowest BCUT2D eigenvalue weighted by atomic mass is 9.62.